The van der Waals surface area contributed by atoms with Gasteiger partial charge in [0.1, 0.15) is 6.61 Å². The molecule has 0 fully saturated rings. The van der Waals surface area contributed by atoms with Gasteiger partial charge in [0.05, 0.1) is 28.4 Å². The third-order valence-electron chi connectivity index (χ3n) is 4.08. The van der Waals surface area contributed by atoms with Crippen molar-refractivity contribution in [2.75, 3.05) is 19.7 Å². The Balaban J connectivity index is 2.07. The van der Waals surface area contributed by atoms with Gasteiger partial charge in [0.25, 0.3) is 0 Å². The molecule has 1 aliphatic rings. The maximum Gasteiger partial charge on any atom is 0.105 e. The van der Waals surface area contributed by atoms with Gasteiger partial charge in [0.15, 0.2) is 0 Å². The van der Waals surface area contributed by atoms with Crippen LogP contribution in [0.15, 0.2) is 24.5 Å². The zero-order chi connectivity index (χ0) is 15.5. The number of aromatic nitrogens is 1. The average Bonchev–Trinajstić information content (AvgIpc) is 2.68. The summed E-state index contributed by atoms with van der Waals surface area (Å²) in [7, 11) is 0. The first-order valence-corrected chi connectivity index (χ1v) is 8.40. The third-order valence-corrected chi connectivity index (χ3v) is 4.81. The molecule has 1 aromatic heterocycles. The van der Waals surface area contributed by atoms with E-state index >= 15 is 0 Å². The molecule has 3 nitrogen and oxygen atoms in total. The molecule has 1 aliphatic heterocycles. The van der Waals surface area contributed by atoms with Gasteiger partial charge in [-0.05, 0) is 37.6 Å². The van der Waals surface area contributed by atoms with Crippen molar-refractivity contribution in [2.45, 2.75) is 26.3 Å². The van der Waals surface area contributed by atoms with Gasteiger partial charge in [-0.15, -0.1) is 0 Å². The minimum absolute atomic E-state index is 0.607. The number of hydrogen-bond donors (Lipinski definition) is 1. The van der Waals surface area contributed by atoms with Crippen LogP contribution in [0.3, 0.4) is 0 Å². The molecule has 0 saturated heterocycles. The van der Waals surface area contributed by atoms with E-state index < -0.39 is 0 Å². The van der Waals surface area contributed by atoms with E-state index in [9.17, 15) is 0 Å². The summed E-state index contributed by atoms with van der Waals surface area (Å²) >= 11 is 12.5. The molecule has 1 aromatic carbocycles. The molecule has 118 valence electrons. The molecule has 2 heterocycles. The van der Waals surface area contributed by atoms with Crippen molar-refractivity contribution in [1.29, 1.82) is 0 Å². The predicted molar refractivity (Wildman–Crippen MR) is 93.0 cm³/mol. The number of nitrogens with one attached hydrogen (secondary N) is 1. The Kier molecular flexibility index (Phi) is 4.97. The second kappa shape index (κ2) is 6.95. The summed E-state index contributed by atoms with van der Waals surface area (Å²) in [5, 5.41) is 5.91. The molecule has 0 radical (unpaired) electrons. The molecule has 1 N–H and O–H groups in total. The lowest BCUT2D eigenvalue weighted by molar-refractivity contribution is 0.235. The van der Waals surface area contributed by atoms with Crippen LogP contribution in [0.5, 0.6) is 0 Å². The van der Waals surface area contributed by atoms with Crippen LogP contribution in [-0.2, 0) is 24.1 Å². The van der Waals surface area contributed by atoms with Crippen LogP contribution in [0.25, 0.3) is 10.9 Å². The van der Waals surface area contributed by atoms with Crippen molar-refractivity contribution in [2.24, 2.45) is 0 Å². The molecular formula is C17H20Cl2N2O. The first-order chi connectivity index (χ1) is 10.7. The van der Waals surface area contributed by atoms with Crippen LogP contribution in [0.2, 0.25) is 10.0 Å². The Morgan fingerprint density at radius 1 is 1.23 bits per heavy atom. The highest BCUT2D eigenvalue weighted by atomic mass is 35.5. The second-order valence-electron chi connectivity index (χ2n) is 5.45. The quantitative estimate of drug-likeness (QED) is 0.668. The van der Waals surface area contributed by atoms with Crippen molar-refractivity contribution < 1.29 is 4.74 Å². The van der Waals surface area contributed by atoms with E-state index in [2.05, 4.69) is 9.88 Å². The highest BCUT2D eigenvalue weighted by Crippen LogP contribution is 2.34. The fraction of sp³-hybridized carbons (Fsp3) is 0.412. The Labute approximate surface area is 140 Å². The molecule has 22 heavy (non-hydrogen) atoms. The molecule has 0 spiro atoms. The molecule has 0 bridgehead atoms. The monoisotopic (exact) mass is 338 g/mol. The summed E-state index contributed by atoms with van der Waals surface area (Å²) < 4.78 is 7.84. The summed E-state index contributed by atoms with van der Waals surface area (Å²) in [6.07, 6.45) is 5.67. The second-order valence-corrected chi connectivity index (χ2v) is 6.26. The molecule has 0 aliphatic carbocycles. The first kappa shape index (κ1) is 15.7. The van der Waals surface area contributed by atoms with Crippen molar-refractivity contribution in [3.05, 3.63) is 45.8 Å². The number of allylic oxidation sites excluding steroid dienone is 1. The summed E-state index contributed by atoms with van der Waals surface area (Å²) in [6.45, 7) is 5.41. The van der Waals surface area contributed by atoms with Crippen LogP contribution < -0.4 is 5.32 Å². The van der Waals surface area contributed by atoms with Gasteiger partial charge < -0.3 is 14.6 Å². The summed E-state index contributed by atoms with van der Waals surface area (Å²) in [5.74, 6) is 0. The van der Waals surface area contributed by atoms with E-state index in [4.69, 9.17) is 27.9 Å². The molecular weight excluding hydrogens is 319 g/mol. The number of halogens is 2. The largest absolute Gasteiger partial charge is 0.500 e. The van der Waals surface area contributed by atoms with Crippen molar-refractivity contribution in [3.63, 3.8) is 0 Å². The van der Waals surface area contributed by atoms with Gasteiger partial charge in [0, 0.05) is 24.0 Å². The number of hydrogen-bond acceptors (Lipinski definition) is 2. The summed E-state index contributed by atoms with van der Waals surface area (Å²) in [5.41, 5.74) is 3.93. The molecule has 3 rings (SSSR count). The Bertz CT molecular complexity index is 706. The highest BCUT2D eigenvalue weighted by molar-refractivity contribution is 6.42. The van der Waals surface area contributed by atoms with Crippen molar-refractivity contribution in [3.8, 4) is 0 Å². The maximum atomic E-state index is 6.24. The number of ether oxygens (including phenoxy) is 1. The maximum absolute atomic E-state index is 6.24. The van der Waals surface area contributed by atoms with Crippen LogP contribution in [0.4, 0.5) is 0 Å². The third kappa shape index (κ3) is 2.98. The summed E-state index contributed by atoms with van der Waals surface area (Å²) in [6, 6.07) is 3.99. The fourth-order valence-electron chi connectivity index (χ4n) is 3.14. The zero-order valence-electron chi connectivity index (χ0n) is 12.7. The molecule has 2 aromatic rings. The van der Waals surface area contributed by atoms with Gasteiger partial charge in [-0.2, -0.15) is 0 Å². The predicted octanol–water partition coefficient (Wildman–Crippen LogP) is 4.19. The van der Waals surface area contributed by atoms with Crippen LogP contribution >= 0.6 is 23.2 Å². The van der Waals surface area contributed by atoms with Crippen molar-refractivity contribution in [1.82, 2.24) is 9.88 Å². The fourth-order valence-corrected chi connectivity index (χ4v) is 3.46. The molecule has 5 heteroatoms. The zero-order valence-corrected chi connectivity index (χ0v) is 14.2. The number of rotatable bonds is 4. The standard InChI is InChI=1S/C17H20Cl2N2O/c1-2-8-22-9-7-21-16-4-6-20-5-3-12(16)13-10-14(18)15(19)11-17(13)21/h2,8,10-11,20H,3-7,9H2,1H3/b8-2+. The molecule has 0 atom stereocenters. The van der Waals surface area contributed by atoms with Gasteiger partial charge in [-0.25, -0.2) is 0 Å². The highest BCUT2D eigenvalue weighted by Gasteiger charge is 2.19. The van der Waals surface area contributed by atoms with E-state index in [1.165, 1.54) is 16.6 Å². The minimum Gasteiger partial charge on any atom is -0.500 e. The summed E-state index contributed by atoms with van der Waals surface area (Å²) in [4.78, 5) is 0. The van der Waals surface area contributed by atoms with Crippen molar-refractivity contribution >= 4 is 34.1 Å². The molecule has 0 saturated carbocycles. The molecule has 0 unspecified atom stereocenters. The SMILES string of the molecule is C/C=C/OCCn1c2c(c3cc(Cl)c(Cl)cc31)CCNCC2. The van der Waals surface area contributed by atoms with E-state index in [-0.39, 0.29) is 0 Å². The molecule has 0 amide bonds. The van der Waals surface area contributed by atoms with Gasteiger partial charge in [0.2, 0.25) is 0 Å². The Morgan fingerprint density at radius 2 is 2.00 bits per heavy atom. The smallest absolute Gasteiger partial charge is 0.105 e. The Hall–Kier alpha value is -1.16. The van der Waals surface area contributed by atoms with Crippen LogP contribution in [0, 0.1) is 0 Å². The van der Waals surface area contributed by atoms with Gasteiger partial charge in [-0.1, -0.05) is 29.3 Å². The van der Waals surface area contributed by atoms with E-state index in [1.807, 2.05) is 25.1 Å². The topological polar surface area (TPSA) is 26.2 Å². The van der Waals surface area contributed by atoms with E-state index in [0.29, 0.717) is 16.7 Å². The Morgan fingerprint density at radius 3 is 2.82 bits per heavy atom. The lowest BCUT2D eigenvalue weighted by Gasteiger charge is -2.11. The normalized spacial score (nSPS) is 15.2. The van der Waals surface area contributed by atoms with E-state index in [0.717, 1.165) is 38.0 Å². The van der Waals surface area contributed by atoms with Crippen LogP contribution in [-0.4, -0.2) is 24.3 Å². The number of fused-ring (bicyclic) bond motifs is 3. The van der Waals surface area contributed by atoms with E-state index in [1.54, 1.807) is 6.26 Å². The van der Waals surface area contributed by atoms with Gasteiger partial charge >= 0.3 is 0 Å². The number of nitrogens with zero attached hydrogens (tertiary/aromatic N) is 1. The number of benzene rings is 1. The minimum atomic E-state index is 0.607. The lowest BCUT2D eigenvalue weighted by atomic mass is 10.1. The van der Waals surface area contributed by atoms with Gasteiger partial charge in [-0.3, -0.25) is 0 Å². The lowest BCUT2D eigenvalue weighted by Crippen LogP contribution is -2.17. The first-order valence-electron chi connectivity index (χ1n) is 7.65. The average molecular weight is 339 g/mol. The van der Waals surface area contributed by atoms with Crippen LogP contribution in [0.1, 0.15) is 18.2 Å².